The van der Waals surface area contributed by atoms with Crippen LogP contribution in [0.25, 0.3) is 0 Å². The smallest absolute Gasteiger partial charge is 0.222 e. The molecule has 148 valence electrons. The minimum absolute atomic E-state index is 0. The van der Waals surface area contributed by atoms with Crippen LogP contribution in [0.2, 0.25) is 0 Å². The quantitative estimate of drug-likeness (QED) is 0.820. The molecule has 0 spiro atoms. The van der Waals surface area contributed by atoms with Crippen molar-refractivity contribution in [2.24, 2.45) is 11.7 Å². The molecule has 1 aliphatic carbocycles. The number of carbonyl (C=O) groups excluding carboxylic acids is 1. The Labute approximate surface area is 169 Å². The Morgan fingerprint density at radius 2 is 1.85 bits per heavy atom. The molecule has 1 aliphatic heterocycles. The van der Waals surface area contributed by atoms with E-state index < -0.39 is 0 Å². The maximum absolute atomic E-state index is 12.5. The van der Waals surface area contributed by atoms with Gasteiger partial charge in [0.2, 0.25) is 5.91 Å². The van der Waals surface area contributed by atoms with Crippen molar-refractivity contribution in [3.63, 3.8) is 0 Å². The van der Waals surface area contributed by atoms with Crippen LogP contribution in [0.4, 0.5) is 0 Å². The Balaban J connectivity index is 0.00000169. The lowest BCUT2D eigenvalue weighted by molar-refractivity contribution is -0.134. The van der Waals surface area contributed by atoms with E-state index in [1.807, 2.05) is 23.1 Å². The van der Waals surface area contributed by atoms with Gasteiger partial charge in [0.05, 0.1) is 7.11 Å². The number of hydrogen-bond donors (Lipinski definition) is 1. The van der Waals surface area contributed by atoms with Gasteiger partial charge in [-0.3, -0.25) is 9.69 Å². The van der Waals surface area contributed by atoms with Crippen molar-refractivity contribution < 1.29 is 9.53 Å². The molecule has 2 N–H and O–H groups in total. The zero-order valence-corrected chi connectivity index (χ0v) is 17.1. The van der Waals surface area contributed by atoms with Crippen LogP contribution in [-0.4, -0.2) is 55.0 Å². The molecule has 2 fully saturated rings. The van der Waals surface area contributed by atoms with Gasteiger partial charge in [-0.05, 0) is 24.8 Å². The molecule has 26 heavy (non-hydrogen) atoms. The molecular formula is C19H31Cl2N3O2. The number of carbonyl (C=O) groups is 1. The summed E-state index contributed by atoms with van der Waals surface area (Å²) in [6.07, 6.45) is 3.99. The maximum atomic E-state index is 12.5. The number of rotatable bonds is 5. The zero-order chi connectivity index (χ0) is 16.9. The van der Waals surface area contributed by atoms with Crippen molar-refractivity contribution >= 4 is 30.7 Å². The fraction of sp³-hybridized carbons (Fsp3) is 0.632. The molecule has 0 aromatic heterocycles. The number of halogens is 2. The average molecular weight is 404 g/mol. The number of piperazine rings is 1. The lowest BCUT2D eigenvalue weighted by atomic mass is 9.99. The third kappa shape index (κ3) is 5.74. The summed E-state index contributed by atoms with van der Waals surface area (Å²) in [7, 11) is 1.71. The Kier molecular flexibility index (Phi) is 9.72. The summed E-state index contributed by atoms with van der Waals surface area (Å²) in [5, 5.41) is 0. The molecule has 1 saturated heterocycles. The fourth-order valence-electron chi connectivity index (χ4n) is 3.90. The molecule has 1 saturated carbocycles. The summed E-state index contributed by atoms with van der Waals surface area (Å²) in [5.74, 6) is 1.62. The van der Waals surface area contributed by atoms with Gasteiger partial charge >= 0.3 is 0 Å². The normalized spacial score (nSPS) is 23.1. The van der Waals surface area contributed by atoms with E-state index in [9.17, 15) is 4.79 Å². The Morgan fingerprint density at radius 3 is 2.46 bits per heavy atom. The first-order valence-electron chi connectivity index (χ1n) is 9.05. The highest BCUT2D eigenvalue weighted by Gasteiger charge is 2.29. The van der Waals surface area contributed by atoms with Gasteiger partial charge in [0.1, 0.15) is 5.75 Å². The second-order valence-corrected chi connectivity index (χ2v) is 7.03. The van der Waals surface area contributed by atoms with Crippen molar-refractivity contribution in [2.75, 3.05) is 33.3 Å². The molecule has 5 nitrogen and oxygen atoms in total. The van der Waals surface area contributed by atoms with E-state index in [4.69, 9.17) is 10.5 Å². The number of nitrogens with zero attached hydrogens (tertiary/aromatic N) is 2. The standard InChI is InChI=1S/C19H29N3O2.2ClH/c1-24-18-8-3-2-5-16(18)14-21-9-11-22(12-10-21)19(23)13-15-6-4-7-17(15)20;;/h2-3,5,8,15,17H,4,6-7,9-14,20H2,1H3;2*1H/t15-,17+;;/m0../s1. The Morgan fingerprint density at radius 1 is 1.15 bits per heavy atom. The van der Waals surface area contributed by atoms with E-state index >= 15 is 0 Å². The van der Waals surface area contributed by atoms with Gasteiger partial charge in [-0.15, -0.1) is 24.8 Å². The number of ether oxygens (including phenoxy) is 1. The van der Waals surface area contributed by atoms with Gasteiger partial charge in [0.15, 0.2) is 0 Å². The monoisotopic (exact) mass is 403 g/mol. The molecule has 2 atom stereocenters. The summed E-state index contributed by atoms with van der Waals surface area (Å²) < 4.78 is 5.43. The lowest BCUT2D eigenvalue weighted by Crippen LogP contribution is -2.49. The minimum Gasteiger partial charge on any atom is -0.496 e. The number of benzene rings is 1. The molecule has 7 heteroatoms. The SMILES string of the molecule is COc1ccccc1CN1CCN(C(=O)C[C@@H]2CCC[C@H]2N)CC1.Cl.Cl. The molecule has 0 radical (unpaired) electrons. The first kappa shape index (κ1) is 23.0. The predicted octanol–water partition coefficient (Wildman–Crippen LogP) is 2.70. The summed E-state index contributed by atoms with van der Waals surface area (Å²) >= 11 is 0. The van der Waals surface area contributed by atoms with Gasteiger partial charge in [0.25, 0.3) is 0 Å². The third-order valence-corrected chi connectivity index (χ3v) is 5.47. The molecule has 1 aromatic carbocycles. The second-order valence-electron chi connectivity index (χ2n) is 7.03. The van der Waals surface area contributed by atoms with Crippen molar-refractivity contribution in [3.8, 4) is 5.75 Å². The summed E-state index contributed by atoms with van der Waals surface area (Å²) in [6, 6.07) is 8.37. The largest absolute Gasteiger partial charge is 0.496 e. The average Bonchev–Trinajstić information content (AvgIpc) is 3.01. The van der Waals surface area contributed by atoms with Crippen LogP contribution in [-0.2, 0) is 11.3 Å². The molecule has 0 bridgehead atoms. The number of hydrogen-bond acceptors (Lipinski definition) is 4. The van der Waals surface area contributed by atoms with Crippen molar-refractivity contribution in [2.45, 2.75) is 38.3 Å². The van der Waals surface area contributed by atoms with E-state index in [0.717, 1.165) is 51.3 Å². The van der Waals surface area contributed by atoms with Crippen LogP contribution in [0.3, 0.4) is 0 Å². The maximum Gasteiger partial charge on any atom is 0.222 e. The molecule has 1 heterocycles. The third-order valence-electron chi connectivity index (χ3n) is 5.47. The number of para-hydroxylation sites is 1. The van der Waals surface area contributed by atoms with Gasteiger partial charge in [0, 0.05) is 50.7 Å². The topological polar surface area (TPSA) is 58.8 Å². The minimum atomic E-state index is 0. The predicted molar refractivity (Wildman–Crippen MR) is 109 cm³/mol. The zero-order valence-electron chi connectivity index (χ0n) is 15.4. The van der Waals surface area contributed by atoms with Gasteiger partial charge in [-0.25, -0.2) is 0 Å². The molecule has 2 aliphatic rings. The van der Waals surface area contributed by atoms with Crippen molar-refractivity contribution in [1.29, 1.82) is 0 Å². The molecule has 3 rings (SSSR count). The second kappa shape index (κ2) is 11.0. The molecule has 1 amide bonds. The van der Waals surface area contributed by atoms with Crippen molar-refractivity contribution in [1.82, 2.24) is 9.80 Å². The van der Waals surface area contributed by atoms with E-state index in [0.29, 0.717) is 12.3 Å². The number of amides is 1. The highest BCUT2D eigenvalue weighted by atomic mass is 35.5. The highest BCUT2D eigenvalue weighted by molar-refractivity contribution is 5.85. The summed E-state index contributed by atoms with van der Waals surface area (Å²) in [5.41, 5.74) is 7.31. The van der Waals surface area contributed by atoms with Crippen LogP contribution in [0, 0.1) is 5.92 Å². The highest BCUT2D eigenvalue weighted by Crippen LogP contribution is 2.27. The Hall–Kier alpha value is -1.01. The van der Waals surface area contributed by atoms with E-state index in [1.165, 1.54) is 12.0 Å². The van der Waals surface area contributed by atoms with Gasteiger partial charge in [-0.1, -0.05) is 24.6 Å². The van der Waals surface area contributed by atoms with Crippen LogP contribution in [0.1, 0.15) is 31.2 Å². The first-order chi connectivity index (χ1) is 11.7. The van der Waals surface area contributed by atoms with Crippen LogP contribution in [0.15, 0.2) is 24.3 Å². The number of methoxy groups -OCH3 is 1. The molecular weight excluding hydrogens is 373 g/mol. The van der Waals surface area contributed by atoms with E-state index in [-0.39, 0.29) is 36.8 Å². The first-order valence-corrected chi connectivity index (χ1v) is 9.05. The van der Waals surface area contributed by atoms with Crippen LogP contribution >= 0.6 is 24.8 Å². The lowest BCUT2D eigenvalue weighted by Gasteiger charge is -2.35. The molecule has 1 aromatic rings. The Bertz CT molecular complexity index is 565. The van der Waals surface area contributed by atoms with Gasteiger partial charge < -0.3 is 15.4 Å². The summed E-state index contributed by atoms with van der Waals surface area (Å²) in [4.78, 5) is 16.9. The van der Waals surface area contributed by atoms with Crippen LogP contribution in [0.5, 0.6) is 5.75 Å². The van der Waals surface area contributed by atoms with E-state index in [1.54, 1.807) is 7.11 Å². The van der Waals surface area contributed by atoms with Gasteiger partial charge in [-0.2, -0.15) is 0 Å². The van der Waals surface area contributed by atoms with Crippen molar-refractivity contribution in [3.05, 3.63) is 29.8 Å². The number of nitrogens with two attached hydrogens (primary N) is 1. The fourth-order valence-corrected chi connectivity index (χ4v) is 3.90. The molecule has 0 unspecified atom stereocenters. The van der Waals surface area contributed by atoms with E-state index in [2.05, 4.69) is 11.0 Å². The van der Waals surface area contributed by atoms with Crippen LogP contribution < -0.4 is 10.5 Å². The summed E-state index contributed by atoms with van der Waals surface area (Å²) in [6.45, 7) is 4.34.